The third-order valence-electron chi connectivity index (χ3n) is 3.86. The maximum Gasteiger partial charge on any atom is 0.417 e. The second-order valence-electron chi connectivity index (χ2n) is 5.21. The van der Waals surface area contributed by atoms with Gasteiger partial charge >= 0.3 is 6.18 Å². The van der Waals surface area contributed by atoms with Gasteiger partial charge in [0.05, 0.1) is 17.2 Å². The van der Waals surface area contributed by atoms with Crippen LogP contribution in [0.25, 0.3) is 0 Å². The average molecular weight is 296 g/mol. The molecule has 1 aliphatic heterocycles. The summed E-state index contributed by atoms with van der Waals surface area (Å²) in [6.07, 6.45) is -3.24. The first-order valence-electron chi connectivity index (χ1n) is 6.69. The second-order valence-corrected chi connectivity index (χ2v) is 5.21. The predicted octanol–water partition coefficient (Wildman–Crippen LogP) is 3.38. The van der Waals surface area contributed by atoms with Crippen LogP contribution in [0.5, 0.6) is 0 Å². The Labute approximate surface area is 121 Å². The summed E-state index contributed by atoms with van der Waals surface area (Å²) in [7, 11) is 0. The van der Waals surface area contributed by atoms with Gasteiger partial charge in [0.2, 0.25) is 0 Å². The van der Waals surface area contributed by atoms with Crippen LogP contribution in [0.2, 0.25) is 0 Å². The third kappa shape index (κ3) is 3.35. The van der Waals surface area contributed by atoms with E-state index in [2.05, 4.69) is 0 Å². The summed E-state index contributed by atoms with van der Waals surface area (Å²) < 4.78 is 38.8. The molecule has 0 unspecified atom stereocenters. The van der Waals surface area contributed by atoms with Crippen molar-refractivity contribution in [3.63, 3.8) is 0 Å². The molecule has 0 amide bonds. The summed E-state index contributed by atoms with van der Waals surface area (Å²) in [5.41, 5.74) is -0.829. The maximum atomic E-state index is 12.9. The lowest BCUT2D eigenvalue weighted by atomic mass is 9.93. The van der Waals surface area contributed by atoms with Crippen molar-refractivity contribution in [1.29, 1.82) is 5.26 Å². The first-order valence-corrected chi connectivity index (χ1v) is 6.69. The van der Waals surface area contributed by atoms with E-state index in [1.54, 1.807) is 13.0 Å². The Bertz CT molecular complexity index is 582. The fourth-order valence-electron chi connectivity index (χ4n) is 2.61. The highest BCUT2D eigenvalue weighted by atomic mass is 19.4. The minimum absolute atomic E-state index is 0.00159. The molecule has 6 heteroatoms. The van der Waals surface area contributed by atoms with Crippen LogP contribution in [-0.2, 0) is 11.0 Å². The molecule has 0 saturated carbocycles. The van der Waals surface area contributed by atoms with Crippen LogP contribution in [0.1, 0.15) is 30.9 Å². The summed E-state index contributed by atoms with van der Waals surface area (Å²) in [5, 5.41) is 8.78. The number of piperidine rings is 1. The largest absolute Gasteiger partial charge is 0.417 e. The molecule has 1 aliphatic rings. The summed E-state index contributed by atoms with van der Waals surface area (Å²) in [5.74, 6) is 0.132. The highest BCUT2D eigenvalue weighted by Gasteiger charge is 2.34. The Balaban J connectivity index is 2.23. The van der Waals surface area contributed by atoms with E-state index in [4.69, 9.17) is 5.26 Å². The van der Waals surface area contributed by atoms with Gasteiger partial charge in [-0.1, -0.05) is 0 Å². The average Bonchev–Trinajstić information content (AvgIpc) is 2.45. The lowest BCUT2D eigenvalue weighted by Gasteiger charge is -2.33. The van der Waals surface area contributed by atoms with Gasteiger partial charge < -0.3 is 4.90 Å². The summed E-state index contributed by atoms with van der Waals surface area (Å²) in [6.45, 7) is 2.64. The van der Waals surface area contributed by atoms with Gasteiger partial charge in [-0.2, -0.15) is 18.4 Å². The van der Waals surface area contributed by atoms with Gasteiger partial charge in [0.15, 0.2) is 0 Å². The molecule has 0 atom stereocenters. The van der Waals surface area contributed by atoms with Crippen LogP contribution in [0.4, 0.5) is 18.9 Å². The number of rotatable bonds is 2. The smallest absolute Gasteiger partial charge is 0.371 e. The highest BCUT2D eigenvalue weighted by molar-refractivity contribution is 5.78. The van der Waals surface area contributed by atoms with E-state index in [1.807, 2.05) is 4.90 Å². The highest BCUT2D eigenvalue weighted by Crippen LogP contribution is 2.35. The first kappa shape index (κ1) is 15.4. The Morgan fingerprint density at radius 2 is 1.95 bits per heavy atom. The number of halogens is 3. The first-order chi connectivity index (χ1) is 9.82. The van der Waals surface area contributed by atoms with Crippen LogP contribution < -0.4 is 4.90 Å². The summed E-state index contributed by atoms with van der Waals surface area (Å²) in [6, 6.07) is 5.32. The zero-order chi connectivity index (χ0) is 15.6. The number of hydrogen-bond acceptors (Lipinski definition) is 3. The van der Waals surface area contributed by atoms with E-state index < -0.39 is 11.7 Å². The number of hydrogen-bond donors (Lipinski definition) is 0. The lowest BCUT2D eigenvalue weighted by molar-refractivity contribution is -0.137. The Kier molecular flexibility index (Phi) is 4.21. The van der Waals surface area contributed by atoms with E-state index in [-0.39, 0.29) is 17.3 Å². The molecule has 0 aliphatic carbocycles. The van der Waals surface area contributed by atoms with Gasteiger partial charge in [0.1, 0.15) is 5.78 Å². The van der Waals surface area contributed by atoms with Crippen molar-refractivity contribution in [3.05, 3.63) is 29.3 Å². The molecule has 2 rings (SSSR count). The van der Waals surface area contributed by atoms with Crippen molar-refractivity contribution >= 4 is 11.5 Å². The topological polar surface area (TPSA) is 44.1 Å². The van der Waals surface area contributed by atoms with E-state index in [1.165, 1.54) is 12.1 Å². The van der Waals surface area contributed by atoms with Crippen molar-refractivity contribution in [1.82, 2.24) is 0 Å². The molecule has 0 spiro atoms. The van der Waals surface area contributed by atoms with Gasteiger partial charge in [-0.25, -0.2) is 0 Å². The summed E-state index contributed by atoms with van der Waals surface area (Å²) in [4.78, 5) is 13.1. The van der Waals surface area contributed by atoms with E-state index in [0.29, 0.717) is 31.6 Å². The Morgan fingerprint density at radius 1 is 1.33 bits per heavy atom. The fourth-order valence-corrected chi connectivity index (χ4v) is 2.61. The molecule has 0 aromatic heterocycles. The number of Topliss-reactive ketones (excluding diaryl/α,β-unsaturated/α-hetero) is 1. The molecule has 112 valence electrons. The molecule has 0 bridgehead atoms. The SMILES string of the molecule is CC(=O)C1CCN(c2ccc(C#N)c(C(F)(F)F)c2)CC1. The number of alkyl halides is 3. The quantitative estimate of drug-likeness (QED) is 0.840. The number of nitrogens with zero attached hydrogens (tertiary/aromatic N) is 2. The summed E-state index contributed by atoms with van der Waals surface area (Å²) >= 11 is 0. The predicted molar refractivity (Wildman–Crippen MR) is 71.8 cm³/mol. The zero-order valence-corrected chi connectivity index (χ0v) is 11.6. The van der Waals surface area contributed by atoms with Crippen LogP contribution in [-0.4, -0.2) is 18.9 Å². The number of nitriles is 1. The molecule has 0 radical (unpaired) electrons. The van der Waals surface area contributed by atoms with Gasteiger partial charge in [0.25, 0.3) is 0 Å². The molecule has 21 heavy (non-hydrogen) atoms. The standard InChI is InChI=1S/C15H15F3N2O/c1-10(21)11-4-6-20(7-5-11)13-3-2-12(9-19)14(8-13)15(16,17)18/h2-3,8,11H,4-7H2,1H3. The van der Waals surface area contributed by atoms with Crippen LogP contribution in [0, 0.1) is 17.2 Å². The number of ketones is 1. The van der Waals surface area contributed by atoms with Gasteiger partial charge in [-0.3, -0.25) is 4.79 Å². The molecule has 1 aromatic carbocycles. The molecule has 0 N–H and O–H groups in total. The van der Waals surface area contributed by atoms with Gasteiger partial charge in [-0.05, 0) is 38.0 Å². The van der Waals surface area contributed by atoms with Gasteiger partial charge in [0, 0.05) is 24.7 Å². The van der Waals surface area contributed by atoms with Crippen molar-refractivity contribution in [2.75, 3.05) is 18.0 Å². The van der Waals surface area contributed by atoms with Crippen LogP contribution in [0.15, 0.2) is 18.2 Å². The van der Waals surface area contributed by atoms with Crippen LogP contribution in [0.3, 0.4) is 0 Å². The second kappa shape index (κ2) is 5.76. The minimum atomic E-state index is -4.54. The molecule has 1 saturated heterocycles. The fraction of sp³-hybridized carbons (Fsp3) is 0.467. The lowest BCUT2D eigenvalue weighted by Crippen LogP contribution is -2.35. The van der Waals surface area contributed by atoms with Crippen LogP contribution >= 0.6 is 0 Å². The van der Waals surface area contributed by atoms with Crippen molar-refractivity contribution < 1.29 is 18.0 Å². The third-order valence-corrected chi connectivity index (χ3v) is 3.86. The van der Waals surface area contributed by atoms with Gasteiger partial charge in [-0.15, -0.1) is 0 Å². The molecule has 1 heterocycles. The Hall–Kier alpha value is -2.03. The molecule has 3 nitrogen and oxygen atoms in total. The van der Waals surface area contributed by atoms with Crippen molar-refractivity contribution in [2.24, 2.45) is 5.92 Å². The molecular weight excluding hydrogens is 281 g/mol. The van der Waals surface area contributed by atoms with E-state index in [9.17, 15) is 18.0 Å². The number of benzene rings is 1. The molecule has 1 fully saturated rings. The number of carbonyl (C=O) groups excluding carboxylic acids is 1. The molecular formula is C15H15F3N2O. The molecule has 1 aromatic rings. The normalized spacial score (nSPS) is 16.6. The van der Waals surface area contributed by atoms with Crippen molar-refractivity contribution in [3.8, 4) is 6.07 Å². The zero-order valence-electron chi connectivity index (χ0n) is 11.6. The minimum Gasteiger partial charge on any atom is -0.371 e. The Morgan fingerprint density at radius 3 is 2.43 bits per heavy atom. The number of carbonyl (C=O) groups is 1. The van der Waals surface area contributed by atoms with Crippen molar-refractivity contribution in [2.45, 2.75) is 25.9 Å². The maximum absolute atomic E-state index is 12.9. The number of anilines is 1. The monoisotopic (exact) mass is 296 g/mol. The van der Waals surface area contributed by atoms with E-state index >= 15 is 0 Å². The van der Waals surface area contributed by atoms with E-state index in [0.717, 1.165) is 6.07 Å².